The summed E-state index contributed by atoms with van der Waals surface area (Å²) in [6.07, 6.45) is 2.55. The molecule has 2 aromatic heterocycles. The molecule has 1 aliphatic heterocycles. The van der Waals surface area contributed by atoms with Gasteiger partial charge in [-0.1, -0.05) is 24.3 Å². The first-order valence-electron chi connectivity index (χ1n) is 12.7. The molecule has 0 spiro atoms. The molecule has 7 heteroatoms. The first kappa shape index (κ1) is 24.3. The van der Waals surface area contributed by atoms with E-state index in [0.29, 0.717) is 12.8 Å². The number of aromatic nitrogens is 2. The van der Waals surface area contributed by atoms with Gasteiger partial charge in [0.1, 0.15) is 0 Å². The number of carbonyl (C=O) groups excluding carboxylic acids is 2. The van der Waals surface area contributed by atoms with Gasteiger partial charge in [0, 0.05) is 42.6 Å². The second-order valence-electron chi connectivity index (χ2n) is 9.44. The molecule has 1 aliphatic rings. The van der Waals surface area contributed by atoms with Gasteiger partial charge in [0.15, 0.2) is 11.6 Å². The summed E-state index contributed by atoms with van der Waals surface area (Å²) in [5, 5.41) is 7.48. The average molecular weight is 522 g/mol. The van der Waals surface area contributed by atoms with E-state index in [0.717, 1.165) is 70.1 Å². The van der Waals surface area contributed by atoms with Gasteiger partial charge >= 0.3 is 0 Å². The predicted octanol–water partition coefficient (Wildman–Crippen LogP) is 5.77. The molecule has 5 aromatic rings. The summed E-state index contributed by atoms with van der Waals surface area (Å²) < 4.78 is 7.31. The fraction of sp³-hybridized carbons (Fsp3) is 0.194. The SMILES string of the molecule is O=C(Cc1ccc2c(cnn2-c2ccc(CC(=O)c3cccs3)cc2)c1)c1ccc(N2CCOCC2)cc1. The molecule has 38 heavy (non-hydrogen) atoms. The number of ketones is 2. The standard InChI is InChI=1S/C31H27N3O3S/c35-29(24-6-10-26(11-7-24)33-13-15-37-16-14-33)20-23-5-12-28-25(18-23)21-32-34(28)27-8-3-22(4-9-27)19-30(36)31-2-1-17-38-31/h1-12,17-18,21H,13-16,19-20H2. The summed E-state index contributed by atoms with van der Waals surface area (Å²) in [5.74, 6) is 0.227. The molecule has 0 amide bonds. The first-order chi connectivity index (χ1) is 18.6. The van der Waals surface area contributed by atoms with E-state index < -0.39 is 0 Å². The lowest BCUT2D eigenvalue weighted by atomic mass is 10.0. The highest BCUT2D eigenvalue weighted by Crippen LogP contribution is 2.23. The summed E-state index contributed by atoms with van der Waals surface area (Å²) in [6, 6.07) is 25.6. The molecule has 1 fully saturated rings. The highest BCUT2D eigenvalue weighted by molar-refractivity contribution is 7.12. The summed E-state index contributed by atoms with van der Waals surface area (Å²) in [4.78, 5) is 28.4. The number of Topliss-reactive ketones (excluding diaryl/α,β-unsaturated/α-hetero) is 2. The number of nitrogens with zero attached hydrogens (tertiary/aromatic N) is 3. The Labute approximate surface area is 225 Å². The van der Waals surface area contributed by atoms with Crippen LogP contribution in [0.15, 0.2) is 90.4 Å². The van der Waals surface area contributed by atoms with E-state index in [-0.39, 0.29) is 11.6 Å². The second kappa shape index (κ2) is 10.7. The third-order valence-electron chi connectivity index (χ3n) is 6.90. The van der Waals surface area contributed by atoms with Gasteiger partial charge in [-0.05, 0) is 71.1 Å². The summed E-state index contributed by atoms with van der Waals surface area (Å²) in [7, 11) is 0. The van der Waals surface area contributed by atoms with Crippen molar-refractivity contribution in [1.29, 1.82) is 0 Å². The first-order valence-corrected chi connectivity index (χ1v) is 13.6. The smallest absolute Gasteiger partial charge is 0.177 e. The van der Waals surface area contributed by atoms with Crippen LogP contribution in [0.4, 0.5) is 5.69 Å². The fourth-order valence-electron chi connectivity index (χ4n) is 4.83. The van der Waals surface area contributed by atoms with Crippen LogP contribution in [0.2, 0.25) is 0 Å². The average Bonchev–Trinajstić information content (AvgIpc) is 3.65. The predicted molar refractivity (Wildman–Crippen MR) is 151 cm³/mol. The van der Waals surface area contributed by atoms with Crippen LogP contribution in [0.3, 0.4) is 0 Å². The number of anilines is 1. The zero-order valence-corrected chi connectivity index (χ0v) is 21.7. The number of thiophene rings is 1. The number of morpholine rings is 1. The lowest BCUT2D eigenvalue weighted by Crippen LogP contribution is -2.36. The number of rotatable bonds is 8. The Bertz CT molecular complexity index is 1570. The van der Waals surface area contributed by atoms with Crippen LogP contribution in [0.5, 0.6) is 0 Å². The molecular formula is C31H27N3O3S. The van der Waals surface area contributed by atoms with Crippen LogP contribution in [0, 0.1) is 0 Å². The lowest BCUT2D eigenvalue weighted by molar-refractivity contribution is 0.0986. The molecular weight excluding hydrogens is 494 g/mol. The molecule has 0 N–H and O–H groups in total. The van der Waals surface area contributed by atoms with Gasteiger partial charge in [-0.25, -0.2) is 4.68 Å². The molecule has 6 nitrogen and oxygen atoms in total. The molecule has 1 saturated heterocycles. The molecule has 0 aliphatic carbocycles. The normalized spacial score (nSPS) is 13.6. The third-order valence-corrected chi connectivity index (χ3v) is 7.82. The Morgan fingerprint density at radius 2 is 1.53 bits per heavy atom. The van der Waals surface area contributed by atoms with Crippen LogP contribution in [0.1, 0.15) is 31.2 Å². The van der Waals surface area contributed by atoms with Crippen molar-refractivity contribution < 1.29 is 14.3 Å². The van der Waals surface area contributed by atoms with Crippen molar-refractivity contribution in [2.45, 2.75) is 12.8 Å². The lowest BCUT2D eigenvalue weighted by Gasteiger charge is -2.28. The van der Waals surface area contributed by atoms with E-state index in [9.17, 15) is 9.59 Å². The number of benzene rings is 3. The summed E-state index contributed by atoms with van der Waals surface area (Å²) >= 11 is 1.47. The number of hydrogen-bond donors (Lipinski definition) is 0. The Kier molecular flexibility index (Phi) is 6.86. The minimum Gasteiger partial charge on any atom is -0.378 e. The largest absolute Gasteiger partial charge is 0.378 e. The van der Waals surface area contributed by atoms with E-state index in [1.54, 1.807) is 0 Å². The Balaban J connectivity index is 1.13. The van der Waals surface area contributed by atoms with Gasteiger partial charge in [-0.3, -0.25) is 9.59 Å². The quantitative estimate of drug-likeness (QED) is 0.243. The zero-order valence-electron chi connectivity index (χ0n) is 20.9. The molecule has 0 radical (unpaired) electrons. The highest BCUT2D eigenvalue weighted by atomic mass is 32.1. The monoisotopic (exact) mass is 521 g/mol. The maximum absolute atomic E-state index is 13.0. The third kappa shape index (κ3) is 5.16. The van der Waals surface area contributed by atoms with Gasteiger partial charge in [-0.2, -0.15) is 5.10 Å². The van der Waals surface area contributed by atoms with Crippen LogP contribution in [-0.2, 0) is 17.6 Å². The Morgan fingerprint density at radius 1 is 0.816 bits per heavy atom. The minimum atomic E-state index is 0.0953. The Morgan fingerprint density at radius 3 is 2.26 bits per heavy atom. The molecule has 6 rings (SSSR count). The minimum absolute atomic E-state index is 0.0953. The van der Waals surface area contributed by atoms with E-state index >= 15 is 0 Å². The molecule has 3 aromatic carbocycles. The van der Waals surface area contributed by atoms with E-state index in [1.165, 1.54) is 11.3 Å². The maximum atomic E-state index is 13.0. The van der Waals surface area contributed by atoms with Gasteiger partial charge < -0.3 is 9.64 Å². The maximum Gasteiger partial charge on any atom is 0.177 e. The number of carbonyl (C=O) groups is 2. The molecule has 0 saturated carbocycles. The highest BCUT2D eigenvalue weighted by Gasteiger charge is 2.14. The van der Waals surface area contributed by atoms with Crippen molar-refractivity contribution in [2.24, 2.45) is 0 Å². The van der Waals surface area contributed by atoms with Crippen molar-refractivity contribution in [1.82, 2.24) is 9.78 Å². The van der Waals surface area contributed by atoms with Crippen LogP contribution >= 0.6 is 11.3 Å². The van der Waals surface area contributed by atoms with Crippen LogP contribution < -0.4 is 4.90 Å². The molecule has 3 heterocycles. The summed E-state index contributed by atoms with van der Waals surface area (Å²) in [6.45, 7) is 3.23. The van der Waals surface area contributed by atoms with Gasteiger partial charge in [0.2, 0.25) is 0 Å². The second-order valence-corrected chi connectivity index (χ2v) is 10.4. The topological polar surface area (TPSA) is 64.4 Å². The van der Waals surface area contributed by atoms with Crippen molar-refractivity contribution in [3.63, 3.8) is 0 Å². The zero-order chi connectivity index (χ0) is 25.9. The molecule has 0 bridgehead atoms. The van der Waals surface area contributed by atoms with Crippen molar-refractivity contribution in [3.05, 3.63) is 112 Å². The molecule has 0 unspecified atom stereocenters. The van der Waals surface area contributed by atoms with Gasteiger partial charge in [-0.15, -0.1) is 11.3 Å². The molecule has 190 valence electrons. The van der Waals surface area contributed by atoms with Crippen molar-refractivity contribution in [3.8, 4) is 5.69 Å². The molecule has 0 atom stereocenters. The van der Waals surface area contributed by atoms with E-state index in [4.69, 9.17) is 4.74 Å². The van der Waals surface area contributed by atoms with Gasteiger partial charge in [0.25, 0.3) is 0 Å². The fourth-order valence-corrected chi connectivity index (χ4v) is 5.49. The van der Waals surface area contributed by atoms with Crippen molar-refractivity contribution in [2.75, 3.05) is 31.2 Å². The van der Waals surface area contributed by atoms with Crippen LogP contribution in [-0.4, -0.2) is 47.7 Å². The van der Waals surface area contributed by atoms with Crippen LogP contribution in [0.25, 0.3) is 16.6 Å². The number of hydrogen-bond acceptors (Lipinski definition) is 6. The number of fused-ring (bicyclic) bond motifs is 1. The van der Waals surface area contributed by atoms with Crippen molar-refractivity contribution >= 4 is 39.5 Å². The number of ether oxygens (including phenoxy) is 1. The van der Waals surface area contributed by atoms with E-state index in [1.807, 2.05) is 95.1 Å². The van der Waals surface area contributed by atoms with E-state index in [2.05, 4.69) is 10.00 Å². The summed E-state index contributed by atoms with van der Waals surface area (Å²) in [5.41, 5.74) is 5.68. The van der Waals surface area contributed by atoms with Gasteiger partial charge in [0.05, 0.1) is 35.5 Å². The Hall–Kier alpha value is -4.07.